The number of nitrogens with zero attached hydrogens (tertiary/aromatic N) is 2. The van der Waals surface area contributed by atoms with E-state index < -0.39 is 0 Å². The van der Waals surface area contributed by atoms with Gasteiger partial charge in [-0.05, 0) is 29.8 Å². The minimum Gasteiger partial charge on any atom is -0.435 e. The van der Waals surface area contributed by atoms with Crippen molar-refractivity contribution in [3.05, 3.63) is 65.2 Å². The van der Waals surface area contributed by atoms with E-state index in [1.807, 2.05) is 49.4 Å². The number of hydrogen-bond donors (Lipinski definition) is 0. The molecular formula is C16H14N2O2. The molecule has 0 radical (unpaired) electrons. The van der Waals surface area contributed by atoms with Crippen LogP contribution in [-0.4, -0.2) is 9.55 Å². The average Bonchev–Trinajstić information content (AvgIpc) is 2.49. The largest absolute Gasteiger partial charge is 0.435 e. The monoisotopic (exact) mass is 266 g/mol. The molecule has 0 amide bonds. The first-order chi connectivity index (χ1) is 9.78. The van der Waals surface area contributed by atoms with Crippen molar-refractivity contribution in [1.82, 2.24) is 9.55 Å². The van der Waals surface area contributed by atoms with Crippen LogP contribution >= 0.6 is 0 Å². The van der Waals surface area contributed by atoms with Gasteiger partial charge in [0.15, 0.2) is 0 Å². The number of benzene rings is 2. The Kier molecular flexibility index (Phi) is 3.21. The molecule has 0 aliphatic heterocycles. The highest BCUT2D eigenvalue weighted by atomic mass is 16.5. The Morgan fingerprint density at radius 1 is 1.15 bits per heavy atom. The van der Waals surface area contributed by atoms with E-state index in [0.29, 0.717) is 12.3 Å². The molecule has 0 bridgehead atoms. The second-order valence-corrected chi connectivity index (χ2v) is 4.43. The van der Waals surface area contributed by atoms with Crippen molar-refractivity contribution in [2.75, 3.05) is 0 Å². The molecular weight excluding hydrogens is 252 g/mol. The number of fused-ring (bicyclic) bond motifs is 1. The second kappa shape index (κ2) is 5.17. The van der Waals surface area contributed by atoms with Crippen LogP contribution in [0.1, 0.15) is 6.92 Å². The summed E-state index contributed by atoms with van der Waals surface area (Å²) in [6.45, 7) is 2.50. The van der Waals surface area contributed by atoms with Crippen molar-refractivity contribution < 1.29 is 4.74 Å². The molecule has 3 aromatic rings. The molecule has 2 aromatic carbocycles. The third-order valence-electron chi connectivity index (χ3n) is 3.16. The minimum atomic E-state index is -0.219. The number of rotatable bonds is 3. The third kappa shape index (κ3) is 2.28. The van der Waals surface area contributed by atoms with E-state index in [9.17, 15) is 4.79 Å². The predicted molar refractivity (Wildman–Crippen MR) is 78.2 cm³/mol. The molecule has 4 nitrogen and oxygen atoms in total. The zero-order valence-electron chi connectivity index (χ0n) is 11.1. The summed E-state index contributed by atoms with van der Waals surface area (Å²) in [6, 6.07) is 13.7. The summed E-state index contributed by atoms with van der Waals surface area (Å²) in [7, 11) is 0. The van der Waals surface area contributed by atoms with Gasteiger partial charge in [-0.3, -0.25) is 4.79 Å². The van der Waals surface area contributed by atoms with Crippen molar-refractivity contribution in [3.63, 3.8) is 0 Å². The Hall–Kier alpha value is -2.62. The SMILES string of the molecule is CCn1ccnc(Oc2ccc3ccccc3c2)c1=O. The van der Waals surface area contributed by atoms with Crippen LogP contribution in [0.5, 0.6) is 11.6 Å². The van der Waals surface area contributed by atoms with Gasteiger partial charge in [0.1, 0.15) is 5.75 Å². The Balaban J connectivity index is 1.99. The van der Waals surface area contributed by atoms with E-state index in [-0.39, 0.29) is 11.4 Å². The summed E-state index contributed by atoms with van der Waals surface area (Å²) in [5.74, 6) is 0.715. The van der Waals surface area contributed by atoms with Gasteiger partial charge in [0, 0.05) is 18.9 Å². The Labute approximate surface area is 116 Å². The van der Waals surface area contributed by atoms with Crippen LogP contribution in [0.3, 0.4) is 0 Å². The maximum atomic E-state index is 12.0. The highest BCUT2D eigenvalue weighted by Crippen LogP contribution is 2.23. The van der Waals surface area contributed by atoms with Crippen molar-refractivity contribution in [1.29, 1.82) is 0 Å². The quantitative estimate of drug-likeness (QED) is 0.731. The zero-order chi connectivity index (χ0) is 13.9. The lowest BCUT2D eigenvalue weighted by atomic mass is 10.1. The fourth-order valence-corrected chi connectivity index (χ4v) is 2.09. The molecule has 0 spiro atoms. The molecule has 1 aromatic heterocycles. The van der Waals surface area contributed by atoms with Gasteiger partial charge < -0.3 is 9.30 Å². The van der Waals surface area contributed by atoms with E-state index in [2.05, 4.69) is 4.98 Å². The third-order valence-corrected chi connectivity index (χ3v) is 3.16. The summed E-state index contributed by atoms with van der Waals surface area (Å²) in [5, 5.41) is 2.20. The highest BCUT2D eigenvalue weighted by Gasteiger charge is 2.06. The van der Waals surface area contributed by atoms with Crippen molar-refractivity contribution in [2.45, 2.75) is 13.5 Å². The zero-order valence-corrected chi connectivity index (χ0v) is 11.1. The number of hydrogen-bond acceptors (Lipinski definition) is 3. The summed E-state index contributed by atoms with van der Waals surface area (Å²) >= 11 is 0. The molecule has 0 saturated carbocycles. The fourth-order valence-electron chi connectivity index (χ4n) is 2.09. The lowest BCUT2D eigenvalue weighted by Crippen LogP contribution is -2.20. The fraction of sp³-hybridized carbons (Fsp3) is 0.125. The van der Waals surface area contributed by atoms with Gasteiger partial charge in [-0.25, -0.2) is 4.98 Å². The van der Waals surface area contributed by atoms with Crippen molar-refractivity contribution in [3.8, 4) is 11.6 Å². The Morgan fingerprint density at radius 2 is 1.95 bits per heavy atom. The van der Waals surface area contributed by atoms with Crippen LogP contribution in [0.15, 0.2) is 59.7 Å². The summed E-state index contributed by atoms with van der Waals surface area (Å²) < 4.78 is 7.17. The molecule has 3 rings (SSSR count). The lowest BCUT2D eigenvalue weighted by molar-refractivity contribution is 0.446. The van der Waals surface area contributed by atoms with E-state index in [1.54, 1.807) is 17.0 Å². The molecule has 0 fully saturated rings. The van der Waals surface area contributed by atoms with E-state index in [1.165, 1.54) is 0 Å². The number of ether oxygens (including phenoxy) is 1. The van der Waals surface area contributed by atoms with Crippen molar-refractivity contribution >= 4 is 10.8 Å². The van der Waals surface area contributed by atoms with Crippen LogP contribution < -0.4 is 10.3 Å². The number of aryl methyl sites for hydroxylation is 1. The molecule has 100 valence electrons. The number of aromatic nitrogens is 2. The molecule has 0 aliphatic rings. The van der Waals surface area contributed by atoms with Gasteiger partial charge in [-0.1, -0.05) is 30.3 Å². The Morgan fingerprint density at radius 3 is 2.75 bits per heavy atom. The first kappa shape index (κ1) is 12.4. The van der Waals surface area contributed by atoms with E-state index in [4.69, 9.17) is 4.74 Å². The standard InChI is InChI=1S/C16H14N2O2/c1-2-18-10-9-17-15(16(18)19)20-14-8-7-12-5-3-4-6-13(12)11-14/h3-11H,2H2,1H3. The second-order valence-electron chi connectivity index (χ2n) is 4.43. The smallest absolute Gasteiger partial charge is 0.313 e. The van der Waals surface area contributed by atoms with Crippen LogP contribution in [0.25, 0.3) is 10.8 Å². The molecule has 0 N–H and O–H groups in total. The minimum absolute atomic E-state index is 0.102. The molecule has 0 saturated heterocycles. The lowest BCUT2D eigenvalue weighted by Gasteiger charge is -2.07. The van der Waals surface area contributed by atoms with Crippen LogP contribution in [0.2, 0.25) is 0 Å². The average molecular weight is 266 g/mol. The van der Waals surface area contributed by atoms with Crippen molar-refractivity contribution in [2.24, 2.45) is 0 Å². The summed E-state index contributed by atoms with van der Waals surface area (Å²) in [5.41, 5.74) is -0.219. The van der Waals surface area contributed by atoms with Crippen LogP contribution in [0, 0.1) is 0 Å². The topological polar surface area (TPSA) is 44.1 Å². The molecule has 0 unspecified atom stereocenters. The summed E-state index contributed by atoms with van der Waals surface area (Å²) in [6.07, 6.45) is 3.22. The normalized spacial score (nSPS) is 10.7. The molecule has 20 heavy (non-hydrogen) atoms. The molecule has 0 atom stereocenters. The maximum absolute atomic E-state index is 12.0. The molecule has 4 heteroatoms. The van der Waals surface area contributed by atoms with Gasteiger partial charge in [0.2, 0.25) is 0 Å². The molecule has 1 heterocycles. The van der Waals surface area contributed by atoms with Gasteiger partial charge in [0.25, 0.3) is 5.88 Å². The maximum Gasteiger partial charge on any atom is 0.313 e. The Bertz CT molecular complexity index is 809. The van der Waals surface area contributed by atoms with E-state index >= 15 is 0 Å². The first-order valence-electron chi connectivity index (χ1n) is 6.50. The van der Waals surface area contributed by atoms with Crippen LogP contribution in [-0.2, 0) is 6.54 Å². The van der Waals surface area contributed by atoms with Gasteiger partial charge >= 0.3 is 5.56 Å². The summed E-state index contributed by atoms with van der Waals surface area (Å²) in [4.78, 5) is 16.1. The van der Waals surface area contributed by atoms with Gasteiger partial charge in [0.05, 0.1) is 0 Å². The van der Waals surface area contributed by atoms with E-state index in [0.717, 1.165) is 10.8 Å². The van der Waals surface area contributed by atoms with Gasteiger partial charge in [-0.2, -0.15) is 0 Å². The molecule has 0 aliphatic carbocycles. The van der Waals surface area contributed by atoms with Gasteiger partial charge in [-0.15, -0.1) is 0 Å². The predicted octanol–water partition coefficient (Wildman–Crippen LogP) is 3.21. The first-order valence-corrected chi connectivity index (χ1v) is 6.50. The van der Waals surface area contributed by atoms with Crippen LogP contribution in [0.4, 0.5) is 0 Å². The highest BCUT2D eigenvalue weighted by molar-refractivity contribution is 5.83.